The summed E-state index contributed by atoms with van der Waals surface area (Å²) >= 11 is 0. The van der Waals surface area contributed by atoms with Crippen molar-refractivity contribution >= 4 is 10.0 Å². The van der Waals surface area contributed by atoms with Crippen LogP contribution in [-0.2, 0) is 22.2 Å². The van der Waals surface area contributed by atoms with Crippen molar-refractivity contribution in [3.05, 3.63) is 35.4 Å². The molecule has 4 aliphatic carbocycles. The van der Waals surface area contributed by atoms with E-state index in [1.54, 1.807) is 13.8 Å². The normalized spacial score (nSPS) is 33.1. The average molecular weight is 448 g/mol. The quantitative estimate of drug-likeness (QED) is 0.615. The Hall–Kier alpha value is -0.910. The zero-order valence-electron chi connectivity index (χ0n) is 19.9. The van der Waals surface area contributed by atoms with Crippen LogP contribution in [0.4, 0.5) is 0 Å². The summed E-state index contributed by atoms with van der Waals surface area (Å²) in [5, 5.41) is 10.2. The average Bonchev–Trinajstić information content (AvgIpc) is 2.56. The van der Waals surface area contributed by atoms with Gasteiger partial charge in [-0.2, -0.15) is 0 Å². The number of hydrogen-bond donors (Lipinski definition) is 2. The number of benzene rings is 1. The lowest BCUT2D eigenvalue weighted by atomic mass is 9.46. The first kappa shape index (κ1) is 23.3. The molecule has 0 amide bonds. The molecule has 1 aromatic carbocycles. The van der Waals surface area contributed by atoms with Crippen molar-refractivity contribution in [1.82, 2.24) is 4.72 Å². The Morgan fingerprint density at radius 1 is 1.00 bits per heavy atom. The molecule has 5 rings (SSSR count). The summed E-state index contributed by atoms with van der Waals surface area (Å²) in [4.78, 5) is 0. The maximum atomic E-state index is 13.2. The highest BCUT2D eigenvalue weighted by Crippen LogP contribution is 2.63. The smallest absolute Gasteiger partial charge is 0.216 e. The summed E-state index contributed by atoms with van der Waals surface area (Å²) in [5.74, 6) is 1.74. The number of aliphatic hydroxyl groups is 1. The molecule has 1 aromatic rings. The summed E-state index contributed by atoms with van der Waals surface area (Å²) in [5.41, 5.74) is 1.59. The van der Waals surface area contributed by atoms with Crippen molar-refractivity contribution in [2.45, 2.75) is 97.0 Å². The zero-order chi connectivity index (χ0) is 22.7. The Balaban J connectivity index is 1.48. The van der Waals surface area contributed by atoms with E-state index in [9.17, 15) is 13.5 Å². The second kappa shape index (κ2) is 7.85. The molecule has 0 saturated heterocycles. The summed E-state index contributed by atoms with van der Waals surface area (Å²) < 4.78 is 29.7. The molecule has 0 aliphatic heterocycles. The van der Waals surface area contributed by atoms with Gasteiger partial charge in [-0.25, -0.2) is 13.1 Å². The molecule has 4 nitrogen and oxygen atoms in total. The first-order chi connectivity index (χ1) is 14.2. The largest absolute Gasteiger partial charge is 0.390 e. The molecule has 0 spiro atoms. The van der Waals surface area contributed by atoms with E-state index in [0.29, 0.717) is 29.1 Å². The standard InChI is InChI=1S/C26H41NO3S/c1-24(2,3)17-26-12-18-10-21(14-26)23(22(11-18)15-26)27-31(29,30)16-20-9-7-6-8-19(20)13-25(4,5)28/h6-9,18,21-23,27-28H,10-17H2,1-5H3. The van der Waals surface area contributed by atoms with E-state index in [4.69, 9.17) is 0 Å². The van der Waals surface area contributed by atoms with Crippen LogP contribution in [0.3, 0.4) is 0 Å². The fourth-order valence-corrected chi connectivity index (χ4v) is 9.09. The molecule has 5 heteroatoms. The van der Waals surface area contributed by atoms with E-state index in [-0.39, 0.29) is 11.8 Å². The molecule has 4 saturated carbocycles. The highest BCUT2D eigenvalue weighted by atomic mass is 32.2. The molecular formula is C26H41NO3S. The first-order valence-electron chi connectivity index (χ1n) is 12.0. The van der Waals surface area contributed by atoms with Crippen LogP contribution in [0, 0.1) is 28.6 Å². The minimum absolute atomic E-state index is 0.00818. The Labute approximate surface area is 189 Å². The molecule has 0 aromatic heterocycles. The fourth-order valence-electron chi connectivity index (χ4n) is 7.52. The first-order valence-corrected chi connectivity index (χ1v) is 13.7. The summed E-state index contributed by atoms with van der Waals surface area (Å²) in [6.45, 7) is 10.6. The van der Waals surface area contributed by atoms with Gasteiger partial charge in [0.1, 0.15) is 0 Å². The Bertz CT molecular complexity index is 893. The van der Waals surface area contributed by atoms with Crippen molar-refractivity contribution in [3.63, 3.8) is 0 Å². The molecule has 174 valence electrons. The minimum atomic E-state index is -3.44. The monoisotopic (exact) mass is 447 g/mol. The van der Waals surface area contributed by atoms with Crippen molar-refractivity contribution in [2.24, 2.45) is 28.6 Å². The summed E-state index contributed by atoms with van der Waals surface area (Å²) in [6, 6.07) is 7.71. The molecule has 2 N–H and O–H groups in total. The molecule has 0 heterocycles. The van der Waals surface area contributed by atoms with Gasteiger partial charge in [0.05, 0.1) is 11.4 Å². The van der Waals surface area contributed by atoms with Gasteiger partial charge in [-0.1, -0.05) is 45.0 Å². The molecular weight excluding hydrogens is 406 g/mol. The van der Waals surface area contributed by atoms with Crippen LogP contribution < -0.4 is 4.72 Å². The van der Waals surface area contributed by atoms with Crippen LogP contribution in [0.15, 0.2) is 24.3 Å². The second-order valence-corrected chi connectivity index (χ2v) is 14.6. The number of hydrogen-bond acceptors (Lipinski definition) is 3. The van der Waals surface area contributed by atoms with Gasteiger partial charge < -0.3 is 5.11 Å². The van der Waals surface area contributed by atoms with Gasteiger partial charge in [0.15, 0.2) is 0 Å². The van der Waals surface area contributed by atoms with Crippen LogP contribution in [0.2, 0.25) is 0 Å². The van der Waals surface area contributed by atoms with E-state index >= 15 is 0 Å². The molecule has 4 bridgehead atoms. The Morgan fingerprint density at radius 2 is 1.58 bits per heavy atom. The van der Waals surface area contributed by atoms with E-state index in [2.05, 4.69) is 25.5 Å². The second-order valence-electron chi connectivity index (χ2n) is 12.9. The van der Waals surface area contributed by atoms with E-state index in [1.165, 1.54) is 38.5 Å². The highest BCUT2D eigenvalue weighted by molar-refractivity contribution is 7.88. The zero-order valence-corrected chi connectivity index (χ0v) is 20.8. The van der Waals surface area contributed by atoms with Gasteiger partial charge in [-0.3, -0.25) is 0 Å². The van der Waals surface area contributed by atoms with Gasteiger partial charge in [0, 0.05) is 12.5 Å². The van der Waals surface area contributed by atoms with Crippen molar-refractivity contribution in [2.75, 3.05) is 0 Å². The molecule has 2 atom stereocenters. The van der Waals surface area contributed by atoms with Crippen molar-refractivity contribution in [1.29, 1.82) is 0 Å². The molecule has 31 heavy (non-hydrogen) atoms. The topological polar surface area (TPSA) is 66.4 Å². The lowest BCUT2D eigenvalue weighted by Gasteiger charge is -2.61. The summed E-state index contributed by atoms with van der Waals surface area (Å²) in [6.07, 6.45) is 7.79. The van der Waals surface area contributed by atoms with Crippen molar-refractivity contribution in [3.8, 4) is 0 Å². The van der Waals surface area contributed by atoms with Crippen LogP contribution in [0.25, 0.3) is 0 Å². The van der Waals surface area contributed by atoms with E-state index in [1.807, 2.05) is 24.3 Å². The number of sulfonamides is 1. The predicted molar refractivity (Wildman–Crippen MR) is 126 cm³/mol. The highest BCUT2D eigenvalue weighted by Gasteiger charge is 2.56. The van der Waals surface area contributed by atoms with Gasteiger partial charge >= 0.3 is 0 Å². The lowest BCUT2D eigenvalue weighted by molar-refractivity contribution is -0.0881. The number of rotatable bonds is 7. The third kappa shape index (κ3) is 5.54. The van der Waals surface area contributed by atoms with Crippen LogP contribution >= 0.6 is 0 Å². The third-order valence-electron chi connectivity index (χ3n) is 7.71. The fraction of sp³-hybridized carbons (Fsp3) is 0.769. The SMILES string of the molecule is CC(C)(C)CC12CC3CC(C1)C(NS(=O)(=O)Cc1ccccc1CC(C)(C)O)C(C3)C2. The Morgan fingerprint density at radius 3 is 2.13 bits per heavy atom. The van der Waals surface area contributed by atoms with Crippen LogP contribution in [0.5, 0.6) is 0 Å². The summed E-state index contributed by atoms with van der Waals surface area (Å²) in [7, 11) is -3.44. The molecule has 0 radical (unpaired) electrons. The van der Waals surface area contributed by atoms with Crippen LogP contribution in [-0.4, -0.2) is 25.2 Å². The molecule has 4 aliphatic rings. The molecule has 4 fully saturated rings. The number of nitrogens with one attached hydrogen (secondary N) is 1. The van der Waals surface area contributed by atoms with Crippen LogP contribution in [0.1, 0.15) is 84.3 Å². The third-order valence-corrected chi connectivity index (χ3v) is 9.03. The Kier molecular flexibility index (Phi) is 5.89. The lowest BCUT2D eigenvalue weighted by Crippen LogP contribution is -2.59. The minimum Gasteiger partial charge on any atom is -0.390 e. The van der Waals surface area contributed by atoms with E-state index < -0.39 is 15.6 Å². The van der Waals surface area contributed by atoms with Gasteiger partial charge in [0.2, 0.25) is 10.0 Å². The van der Waals surface area contributed by atoms with Gasteiger partial charge in [0.25, 0.3) is 0 Å². The molecule has 2 unspecified atom stereocenters. The van der Waals surface area contributed by atoms with Gasteiger partial charge in [-0.15, -0.1) is 0 Å². The van der Waals surface area contributed by atoms with Gasteiger partial charge in [-0.05, 0) is 92.1 Å². The van der Waals surface area contributed by atoms with Crippen molar-refractivity contribution < 1.29 is 13.5 Å². The van der Waals surface area contributed by atoms with E-state index in [0.717, 1.165) is 17.0 Å². The maximum absolute atomic E-state index is 13.2. The maximum Gasteiger partial charge on any atom is 0.216 e. The predicted octanol–water partition coefficient (Wildman–Crippen LogP) is 5.05.